The molecule has 3 aromatic rings. The molecule has 0 aliphatic carbocycles. The molecule has 19 heavy (non-hydrogen) atoms. The third-order valence-electron chi connectivity index (χ3n) is 2.57. The van der Waals surface area contributed by atoms with E-state index in [1.807, 2.05) is 0 Å². The van der Waals surface area contributed by atoms with Crippen LogP contribution in [0.5, 0.6) is 0 Å². The summed E-state index contributed by atoms with van der Waals surface area (Å²) in [4.78, 5) is 11.6. The molecule has 0 atom stereocenters. The number of hydrogen-bond acceptors (Lipinski definition) is 3. The number of H-pyrrole nitrogens is 1. The number of benzene rings is 1. The Kier molecular flexibility index (Phi) is 3.40. The van der Waals surface area contributed by atoms with E-state index in [2.05, 4.69) is 15.0 Å². The Labute approximate surface area is 118 Å². The highest BCUT2D eigenvalue weighted by Gasteiger charge is 2.05. The lowest BCUT2D eigenvalue weighted by Gasteiger charge is -1.98. The lowest BCUT2D eigenvalue weighted by Crippen LogP contribution is -1.82. The van der Waals surface area contributed by atoms with Crippen molar-refractivity contribution >= 4 is 34.5 Å². The molecule has 0 aliphatic rings. The van der Waals surface area contributed by atoms with Gasteiger partial charge >= 0.3 is 0 Å². The van der Waals surface area contributed by atoms with Crippen LogP contribution >= 0.6 is 23.4 Å². The third-order valence-corrected chi connectivity index (χ3v) is 3.72. The van der Waals surface area contributed by atoms with Crippen LogP contribution in [0.4, 0.5) is 4.39 Å². The number of nitrogens with zero attached hydrogens (tertiary/aromatic N) is 2. The van der Waals surface area contributed by atoms with Crippen molar-refractivity contribution in [2.45, 2.75) is 10.9 Å². The Bertz CT molecular complexity index is 711. The van der Waals surface area contributed by atoms with Crippen molar-refractivity contribution in [3.8, 4) is 0 Å². The van der Waals surface area contributed by atoms with Crippen LogP contribution in [-0.2, 0) is 5.75 Å². The molecule has 0 unspecified atom stereocenters. The first kappa shape index (κ1) is 12.4. The molecular weight excluding hydrogens is 285 g/mol. The van der Waals surface area contributed by atoms with Crippen LogP contribution in [0.2, 0.25) is 5.02 Å². The van der Waals surface area contributed by atoms with Crippen LogP contribution in [0.25, 0.3) is 11.2 Å². The quantitative estimate of drug-likeness (QED) is 0.741. The van der Waals surface area contributed by atoms with E-state index in [0.29, 0.717) is 16.4 Å². The van der Waals surface area contributed by atoms with Gasteiger partial charge in [0.2, 0.25) is 0 Å². The molecule has 3 nitrogen and oxygen atoms in total. The maximum atomic E-state index is 12.8. The molecule has 96 valence electrons. The zero-order valence-corrected chi connectivity index (χ0v) is 11.3. The first-order valence-corrected chi connectivity index (χ1v) is 6.95. The SMILES string of the molecule is Fc1ccc(CSc2nc3ncc(Cl)cc3[nH]2)cc1. The summed E-state index contributed by atoms with van der Waals surface area (Å²) in [6.45, 7) is 0. The molecule has 2 aromatic heterocycles. The van der Waals surface area contributed by atoms with Gasteiger partial charge < -0.3 is 4.98 Å². The Balaban J connectivity index is 1.76. The Hall–Kier alpha value is -1.59. The number of aromatic nitrogens is 3. The molecule has 1 aromatic carbocycles. The Morgan fingerprint density at radius 2 is 2.05 bits per heavy atom. The molecule has 0 saturated heterocycles. The zero-order valence-electron chi connectivity index (χ0n) is 9.73. The van der Waals surface area contributed by atoms with Gasteiger partial charge in [-0.15, -0.1) is 0 Å². The number of fused-ring (bicyclic) bond motifs is 1. The van der Waals surface area contributed by atoms with E-state index in [1.165, 1.54) is 23.9 Å². The lowest BCUT2D eigenvalue weighted by atomic mass is 10.2. The Morgan fingerprint density at radius 1 is 1.26 bits per heavy atom. The number of imidazole rings is 1. The van der Waals surface area contributed by atoms with Crippen molar-refractivity contribution < 1.29 is 4.39 Å². The standard InChI is InChI=1S/C13H9ClFN3S/c14-9-5-11-12(16-6-9)18-13(17-11)19-7-8-1-3-10(15)4-2-8/h1-6H,7H2,(H,16,17,18). The van der Waals surface area contributed by atoms with Crippen molar-refractivity contribution in [2.24, 2.45) is 0 Å². The number of hydrogen-bond donors (Lipinski definition) is 1. The van der Waals surface area contributed by atoms with Crippen molar-refractivity contribution in [3.05, 3.63) is 52.9 Å². The molecule has 0 saturated carbocycles. The van der Waals surface area contributed by atoms with E-state index < -0.39 is 0 Å². The number of thioether (sulfide) groups is 1. The van der Waals surface area contributed by atoms with E-state index in [0.717, 1.165) is 16.2 Å². The smallest absolute Gasteiger partial charge is 0.178 e. The van der Waals surface area contributed by atoms with Crippen LogP contribution < -0.4 is 0 Å². The second kappa shape index (κ2) is 5.19. The largest absolute Gasteiger partial charge is 0.331 e. The van der Waals surface area contributed by atoms with Crippen molar-refractivity contribution in [3.63, 3.8) is 0 Å². The van der Waals surface area contributed by atoms with Crippen LogP contribution in [0.15, 0.2) is 41.7 Å². The van der Waals surface area contributed by atoms with Crippen molar-refractivity contribution in [2.75, 3.05) is 0 Å². The van der Waals surface area contributed by atoms with Gasteiger partial charge in [0.1, 0.15) is 5.82 Å². The predicted molar refractivity (Wildman–Crippen MR) is 74.9 cm³/mol. The van der Waals surface area contributed by atoms with E-state index >= 15 is 0 Å². The van der Waals surface area contributed by atoms with Crippen molar-refractivity contribution in [1.29, 1.82) is 0 Å². The van der Waals surface area contributed by atoms with Gasteiger partial charge in [-0.1, -0.05) is 35.5 Å². The van der Waals surface area contributed by atoms with Gasteiger partial charge in [-0.25, -0.2) is 14.4 Å². The molecule has 0 bridgehead atoms. The topological polar surface area (TPSA) is 41.6 Å². The molecule has 0 aliphatic heterocycles. The van der Waals surface area contributed by atoms with Gasteiger partial charge in [-0.3, -0.25) is 0 Å². The van der Waals surface area contributed by atoms with Gasteiger partial charge in [-0.05, 0) is 23.8 Å². The van der Waals surface area contributed by atoms with Crippen molar-refractivity contribution in [1.82, 2.24) is 15.0 Å². The van der Waals surface area contributed by atoms with E-state index in [-0.39, 0.29) is 5.82 Å². The highest BCUT2D eigenvalue weighted by molar-refractivity contribution is 7.98. The minimum Gasteiger partial charge on any atom is -0.331 e. The summed E-state index contributed by atoms with van der Waals surface area (Å²) in [5, 5.41) is 1.35. The van der Waals surface area contributed by atoms with E-state index in [9.17, 15) is 4.39 Å². The first-order chi connectivity index (χ1) is 9.20. The van der Waals surface area contributed by atoms with E-state index in [1.54, 1.807) is 24.4 Å². The highest BCUT2D eigenvalue weighted by atomic mass is 35.5. The number of halogens is 2. The third kappa shape index (κ3) is 2.88. The van der Waals surface area contributed by atoms with Crippen LogP contribution in [0.3, 0.4) is 0 Å². The summed E-state index contributed by atoms with van der Waals surface area (Å²) in [5.74, 6) is 0.490. The van der Waals surface area contributed by atoms with Gasteiger partial charge in [0, 0.05) is 11.9 Å². The molecule has 2 heterocycles. The fourth-order valence-electron chi connectivity index (χ4n) is 1.65. The monoisotopic (exact) mass is 293 g/mol. The summed E-state index contributed by atoms with van der Waals surface area (Å²) in [7, 11) is 0. The first-order valence-electron chi connectivity index (χ1n) is 5.59. The molecule has 0 amide bonds. The summed E-state index contributed by atoms with van der Waals surface area (Å²) in [6, 6.07) is 8.23. The molecule has 3 rings (SSSR count). The number of nitrogens with one attached hydrogen (secondary N) is 1. The summed E-state index contributed by atoms with van der Waals surface area (Å²) in [5.41, 5.74) is 2.50. The molecular formula is C13H9ClFN3S. The average molecular weight is 294 g/mol. The zero-order chi connectivity index (χ0) is 13.2. The molecule has 6 heteroatoms. The van der Waals surface area contributed by atoms with Gasteiger partial charge in [0.15, 0.2) is 10.8 Å². The van der Waals surface area contributed by atoms with Gasteiger partial charge in [0.25, 0.3) is 0 Å². The fourth-order valence-corrected chi connectivity index (χ4v) is 2.64. The second-order valence-corrected chi connectivity index (χ2v) is 5.38. The summed E-state index contributed by atoms with van der Waals surface area (Å²) in [6.07, 6.45) is 1.57. The highest BCUT2D eigenvalue weighted by Crippen LogP contribution is 2.23. The van der Waals surface area contributed by atoms with Crippen LogP contribution in [0.1, 0.15) is 5.56 Å². The number of pyridine rings is 1. The summed E-state index contributed by atoms with van der Waals surface area (Å²) >= 11 is 7.40. The second-order valence-electron chi connectivity index (χ2n) is 3.98. The maximum Gasteiger partial charge on any atom is 0.178 e. The summed E-state index contributed by atoms with van der Waals surface area (Å²) < 4.78 is 12.8. The molecule has 0 radical (unpaired) electrons. The van der Waals surface area contributed by atoms with E-state index in [4.69, 9.17) is 11.6 Å². The Morgan fingerprint density at radius 3 is 2.84 bits per heavy atom. The number of rotatable bonds is 3. The molecule has 0 fully saturated rings. The minimum absolute atomic E-state index is 0.226. The number of aromatic amines is 1. The lowest BCUT2D eigenvalue weighted by molar-refractivity contribution is 0.627. The molecule has 0 spiro atoms. The molecule has 1 N–H and O–H groups in total. The fraction of sp³-hybridized carbons (Fsp3) is 0.0769. The predicted octanol–water partition coefficient (Wildman–Crippen LogP) is 4.04. The maximum absolute atomic E-state index is 12.8. The average Bonchev–Trinajstić information content (AvgIpc) is 2.80. The minimum atomic E-state index is -0.226. The normalized spacial score (nSPS) is 11.1. The van der Waals surface area contributed by atoms with Gasteiger partial charge in [-0.2, -0.15) is 0 Å². The van der Waals surface area contributed by atoms with Crippen LogP contribution in [-0.4, -0.2) is 15.0 Å². The van der Waals surface area contributed by atoms with Crippen LogP contribution in [0, 0.1) is 5.82 Å². The van der Waals surface area contributed by atoms with Gasteiger partial charge in [0.05, 0.1) is 10.5 Å².